The molecule has 2 aromatic carbocycles. The number of fused-ring (bicyclic) bond motifs is 3. The standard InChI is InChI=1S/C18H20/c1-2-4-10-16-12-6-8-14-18(16)17-13-7-5-11-15(17)9-3-1/h5-8,11-14H,1-4,9-10H2. The van der Waals surface area contributed by atoms with Gasteiger partial charge < -0.3 is 0 Å². The Hall–Kier alpha value is -1.56. The van der Waals surface area contributed by atoms with E-state index in [-0.39, 0.29) is 0 Å². The van der Waals surface area contributed by atoms with E-state index in [0.29, 0.717) is 0 Å². The molecule has 0 aromatic heterocycles. The van der Waals surface area contributed by atoms with E-state index in [4.69, 9.17) is 0 Å². The molecule has 3 rings (SSSR count). The van der Waals surface area contributed by atoms with Gasteiger partial charge in [0.15, 0.2) is 0 Å². The first-order valence-corrected chi connectivity index (χ1v) is 7.11. The number of hydrogen-bond acceptors (Lipinski definition) is 0. The zero-order chi connectivity index (χ0) is 12.2. The molecule has 0 nitrogen and oxygen atoms in total. The van der Waals surface area contributed by atoms with Crippen molar-refractivity contribution in [3.8, 4) is 11.1 Å². The lowest BCUT2D eigenvalue weighted by molar-refractivity contribution is 0.638. The predicted molar refractivity (Wildman–Crippen MR) is 77.8 cm³/mol. The van der Waals surface area contributed by atoms with Crippen LogP contribution in [0.25, 0.3) is 11.1 Å². The van der Waals surface area contributed by atoms with Crippen LogP contribution < -0.4 is 0 Å². The average Bonchev–Trinajstić information content (AvgIpc) is 2.44. The van der Waals surface area contributed by atoms with Crippen LogP contribution in [-0.2, 0) is 12.8 Å². The van der Waals surface area contributed by atoms with Crippen molar-refractivity contribution in [2.24, 2.45) is 0 Å². The lowest BCUT2D eigenvalue weighted by atomic mass is 9.89. The van der Waals surface area contributed by atoms with Crippen molar-refractivity contribution in [1.29, 1.82) is 0 Å². The molecule has 0 atom stereocenters. The smallest absolute Gasteiger partial charge is 0.0149 e. The Balaban J connectivity index is 2.12. The molecule has 0 unspecified atom stereocenters. The van der Waals surface area contributed by atoms with Gasteiger partial charge in [-0.15, -0.1) is 0 Å². The maximum absolute atomic E-state index is 2.30. The van der Waals surface area contributed by atoms with E-state index in [1.54, 1.807) is 0 Å². The maximum atomic E-state index is 2.30. The van der Waals surface area contributed by atoms with Gasteiger partial charge in [0, 0.05) is 0 Å². The molecule has 0 radical (unpaired) electrons. The summed E-state index contributed by atoms with van der Waals surface area (Å²) in [5.74, 6) is 0. The Morgan fingerprint density at radius 1 is 0.500 bits per heavy atom. The summed E-state index contributed by atoms with van der Waals surface area (Å²) in [6, 6.07) is 17.9. The third-order valence-electron chi connectivity index (χ3n) is 3.97. The quantitative estimate of drug-likeness (QED) is 0.603. The van der Waals surface area contributed by atoms with Gasteiger partial charge in [-0.25, -0.2) is 0 Å². The van der Waals surface area contributed by atoms with E-state index >= 15 is 0 Å². The van der Waals surface area contributed by atoms with E-state index in [0.717, 1.165) is 0 Å². The van der Waals surface area contributed by atoms with Crippen molar-refractivity contribution in [2.45, 2.75) is 38.5 Å². The summed E-state index contributed by atoms with van der Waals surface area (Å²) in [5.41, 5.74) is 5.95. The first kappa shape index (κ1) is 11.5. The van der Waals surface area contributed by atoms with Crippen LogP contribution in [0.15, 0.2) is 48.5 Å². The Kier molecular flexibility index (Phi) is 3.45. The highest BCUT2D eigenvalue weighted by Crippen LogP contribution is 2.30. The lowest BCUT2D eigenvalue weighted by Gasteiger charge is -2.16. The molecule has 0 amide bonds. The van der Waals surface area contributed by atoms with Gasteiger partial charge in [0.2, 0.25) is 0 Å². The molecule has 1 aliphatic rings. The van der Waals surface area contributed by atoms with Crippen molar-refractivity contribution < 1.29 is 0 Å². The molecule has 0 heterocycles. The van der Waals surface area contributed by atoms with E-state index in [1.165, 1.54) is 60.8 Å². The Morgan fingerprint density at radius 2 is 0.944 bits per heavy atom. The van der Waals surface area contributed by atoms with Crippen LogP contribution in [0.2, 0.25) is 0 Å². The fraction of sp³-hybridized carbons (Fsp3) is 0.333. The average molecular weight is 236 g/mol. The minimum Gasteiger partial charge on any atom is -0.0620 e. The maximum Gasteiger partial charge on any atom is -0.0149 e. The van der Waals surface area contributed by atoms with E-state index in [1.807, 2.05) is 0 Å². The first-order valence-electron chi connectivity index (χ1n) is 7.11. The van der Waals surface area contributed by atoms with Gasteiger partial charge in [-0.1, -0.05) is 61.4 Å². The first-order chi connectivity index (χ1) is 8.95. The van der Waals surface area contributed by atoms with Gasteiger partial charge >= 0.3 is 0 Å². The molecule has 18 heavy (non-hydrogen) atoms. The molecule has 0 heteroatoms. The monoisotopic (exact) mass is 236 g/mol. The highest BCUT2D eigenvalue weighted by Gasteiger charge is 2.10. The van der Waals surface area contributed by atoms with Crippen molar-refractivity contribution >= 4 is 0 Å². The van der Waals surface area contributed by atoms with Crippen LogP contribution in [0.4, 0.5) is 0 Å². The second-order valence-corrected chi connectivity index (χ2v) is 5.23. The normalized spacial score (nSPS) is 15.6. The minimum atomic E-state index is 1.23. The van der Waals surface area contributed by atoms with Crippen LogP contribution in [0.5, 0.6) is 0 Å². The molecular weight excluding hydrogens is 216 g/mol. The molecule has 0 saturated carbocycles. The molecule has 92 valence electrons. The van der Waals surface area contributed by atoms with Gasteiger partial charge in [0.05, 0.1) is 0 Å². The molecule has 0 fully saturated rings. The topological polar surface area (TPSA) is 0 Å². The summed E-state index contributed by atoms with van der Waals surface area (Å²) in [7, 11) is 0. The van der Waals surface area contributed by atoms with Crippen LogP contribution in [0, 0.1) is 0 Å². The van der Waals surface area contributed by atoms with Crippen LogP contribution >= 0.6 is 0 Å². The van der Waals surface area contributed by atoms with Gasteiger partial charge in [-0.05, 0) is 47.9 Å². The molecular formula is C18H20. The van der Waals surface area contributed by atoms with Crippen LogP contribution in [0.3, 0.4) is 0 Å². The molecule has 0 N–H and O–H groups in total. The highest BCUT2D eigenvalue weighted by molar-refractivity contribution is 5.70. The summed E-state index contributed by atoms with van der Waals surface area (Å²) in [5, 5.41) is 0. The van der Waals surface area contributed by atoms with Crippen molar-refractivity contribution in [1.82, 2.24) is 0 Å². The molecule has 2 aromatic rings. The number of hydrogen-bond donors (Lipinski definition) is 0. The molecule has 0 bridgehead atoms. The van der Waals surface area contributed by atoms with Gasteiger partial charge in [0.25, 0.3) is 0 Å². The Morgan fingerprint density at radius 3 is 1.44 bits per heavy atom. The summed E-state index contributed by atoms with van der Waals surface area (Å²) in [6.45, 7) is 0. The third kappa shape index (κ3) is 2.33. The summed E-state index contributed by atoms with van der Waals surface area (Å²) in [6.07, 6.45) is 7.86. The lowest BCUT2D eigenvalue weighted by Crippen LogP contribution is -1.97. The van der Waals surface area contributed by atoms with Crippen molar-refractivity contribution in [3.63, 3.8) is 0 Å². The molecule has 0 saturated heterocycles. The van der Waals surface area contributed by atoms with Crippen LogP contribution in [0.1, 0.15) is 36.8 Å². The molecule has 0 spiro atoms. The van der Waals surface area contributed by atoms with Crippen molar-refractivity contribution in [3.05, 3.63) is 59.7 Å². The SMILES string of the molecule is c1ccc2c(c1)CCCCCCc1ccccc1-2. The highest BCUT2D eigenvalue weighted by atomic mass is 14.1. The number of benzene rings is 2. The summed E-state index contributed by atoms with van der Waals surface area (Å²) in [4.78, 5) is 0. The largest absolute Gasteiger partial charge is 0.0620 e. The second-order valence-electron chi connectivity index (χ2n) is 5.23. The fourth-order valence-corrected chi connectivity index (χ4v) is 2.99. The van der Waals surface area contributed by atoms with E-state index in [2.05, 4.69) is 48.5 Å². The fourth-order valence-electron chi connectivity index (χ4n) is 2.99. The van der Waals surface area contributed by atoms with E-state index in [9.17, 15) is 0 Å². The van der Waals surface area contributed by atoms with Gasteiger partial charge in [0.1, 0.15) is 0 Å². The zero-order valence-electron chi connectivity index (χ0n) is 10.9. The zero-order valence-corrected chi connectivity index (χ0v) is 10.9. The van der Waals surface area contributed by atoms with Gasteiger partial charge in [-0.3, -0.25) is 0 Å². The second kappa shape index (κ2) is 5.39. The van der Waals surface area contributed by atoms with E-state index < -0.39 is 0 Å². The third-order valence-corrected chi connectivity index (χ3v) is 3.97. The molecule has 0 aliphatic heterocycles. The number of rotatable bonds is 0. The Labute approximate surface area is 110 Å². The molecule has 1 aliphatic carbocycles. The summed E-state index contributed by atoms with van der Waals surface area (Å²) < 4.78 is 0. The van der Waals surface area contributed by atoms with Crippen molar-refractivity contribution in [2.75, 3.05) is 0 Å². The number of aryl methyl sites for hydroxylation is 2. The van der Waals surface area contributed by atoms with Gasteiger partial charge in [-0.2, -0.15) is 0 Å². The summed E-state index contributed by atoms with van der Waals surface area (Å²) >= 11 is 0. The predicted octanol–water partition coefficient (Wildman–Crippen LogP) is 5.01. The minimum absolute atomic E-state index is 1.23. The Bertz CT molecular complexity index is 476. The van der Waals surface area contributed by atoms with Crippen LogP contribution in [-0.4, -0.2) is 0 Å².